The number of halogens is 2. The fourth-order valence-corrected chi connectivity index (χ4v) is 2.63. The fraction of sp³-hybridized carbons (Fsp3) is 0.636. The van der Waals surface area contributed by atoms with Crippen molar-refractivity contribution in [2.75, 3.05) is 0 Å². The van der Waals surface area contributed by atoms with Crippen LogP contribution in [-0.4, -0.2) is 0 Å². The Morgan fingerprint density at radius 1 is 1.50 bits per heavy atom. The zero-order chi connectivity index (χ0) is 10.8. The standard InChI is InChI=1S/C11H16BrFO/c1-4-6-11(3,5-2)9-8(13)7-14-10(9)12/h7H,4-6H2,1-3H3. The minimum Gasteiger partial charge on any atom is -0.454 e. The summed E-state index contributed by atoms with van der Waals surface area (Å²) in [6.07, 6.45) is 4.10. The maximum atomic E-state index is 13.5. The molecule has 0 aliphatic rings. The van der Waals surface area contributed by atoms with Gasteiger partial charge in [-0.05, 0) is 34.2 Å². The van der Waals surface area contributed by atoms with E-state index in [0.717, 1.165) is 19.3 Å². The van der Waals surface area contributed by atoms with Crippen molar-refractivity contribution < 1.29 is 8.81 Å². The Labute approximate surface area is 92.8 Å². The van der Waals surface area contributed by atoms with Crippen LogP contribution in [0.3, 0.4) is 0 Å². The Hall–Kier alpha value is -0.310. The molecule has 1 aromatic heterocycles. The van der Waals surface area contributed by atoms with E-state index in [1.54, 1.807) is 0 Å². The molecule has 0 N–H and O–H groups in total. The largest absolute Gasteiger partial charge is 0.454 e. The number of hydrogen-bond donors (Lipinski definition) is 0. The van der Waals surface area contributed by atoms with E-state index in [1.165, 1.54) is 6.26 Å². The summed E-state index contributed by atoms with van der Waals surface area (Å²) in [6, 6.07) is 0. The Morgan fingerprint density at radius 3 is 2.50 bits per heavy atom. The highest BCUT2D eigenvalue weighted by Gasteiger charge is 2.31. The van der Waals surface area contributed by atoms with Gasteiger partial charge in [-0.15, -0.1) is 0 Å². The van der Waals surface area contributed by atoms with Gasteiger partial charge in [0.05, 0.1) is 0 Å². The van der Waals surface area contributed by atoms with Crippen molar-refractivity contribution in [3.8, 4) is 0 Å². The fourth-order valence-electron chi connectivity index (χ4n) is 1.87. The van der Waals surface area contributed by atoms with Gasteiger partial charge in [0.15, 0.2) is 10.5 Å². The summed E-state index contributed by atoms with van der Waals surface area (Å²) in [6.45, 7) is 6.27. The second-order valence-corrected chi connectivity index (χ2v) is 4.62. The van der Waals surface area contributed by atoms with Crippen LogP contribution < -0.4 is 0 Å². The van der Waals surface area contributed by atoms with Gasteiger partial charge in [-0.25, -0.2) is 4.39 Å². The van der Waals surface area contributed by atoms with Gasteiger partial charge in [0, 0.05) is 5.56 Å². The average Bonchev–Trinajstić information content (AvgIpc) is 2.47. The molecule has 0 bridgehead atoms. The molecular formula is C11H16BrFO. The third kappa shape index (κ3) is 2.02. The number of rotatable bonds is 4. The molecule has 1 heterocycles. The van der Waals surface area contributed by atoms with Crippen LogP contribution in [0.15, 0.2) is 15.3 Å². The number of hydrogen-bond acceptors (Lipinski definition) is 1. The van der Waals surface area contributed by atoms with E-state index in [0.29, 0.717) is 10.2 Å². The molecule has 0 saturated carbocycles. The SMILES string of the molecule is CCCC(C)(CC)c1c(F)coc1Br. The molecule has 0 aliphatic carbocycles. The molecule has 1 aromatic rings. The van der Waals surface area contributed by atoms with E-state index in [1.807, 2.05) is 0 Å². The zero-order valence-electron chi connectivity index (χ0n) is 8.86. The van der Waals surface area contributed by atoms with Crippen molar-refractivity contribution in [3.63, 3.8) is 0 Å². The molecule has 1 atom stereocenters. The lowest BCUT2D eigenvalue weighted by Crippen LogP contribution is -2.21. The van der Waals surface area contributed by atoms with Crippen molar-refractivity contribution >= 4 is 15.9 Å². The van der Waals surface area contributed by atoms with Crippen molar-refractivity contribution in [1.29, 1.82) is 0 Å². The lowest BCUT2D eigenvalue weighted by molar-refractivity contribution is 0.391. The molecular weight excluding hydrogens is 247 g/mol. The van der Waals surface area contributed by atoms with E-state index in [2.05, 4.69) is 36.7 Å². The van der Waals surface area contributed by atoms with Gasteiger partial charge in [-0.2, -0.15) is 0 Å². The lowest BCUT2D eigenvalue weighted by Gasteiger charge is -2.27. The first kappa shape index (κ1) is 11.8. The van der Waals surface area contributed by atoms with Crippen LogP contribution in [0.4, 0.5) is 4.39 Å². The second-order valence-electron chi connectivity index (χ2n) is 3.90. The molecule has 1 rings (SSSR count). The Kier molecular flexibility index (Phi) is 3.76. The van der Waals surface area contributed by atoms with Crippen LogP contribution in [0.25, 0.3) is 0 Å². The molecule has 1 nitrogen and oxygen atoms in total. The van der Waals surface area contributed by atoms with Crippen LogP contribution in [0.1, 0.15) is 45.6 Å². The van der Waals surface area contributed by atoms with Crippen LogP contribution >= 0.6 is 15.9 Å². The van der Waals surface area contributed by atoms with Crippen LogP contribution in [-0.2, 0) is 5.41 Å². The van der Waals surface area contributed by atoms with Gasteiger partial charge in [-0.1, -0.05) is 27.2 Å². The van der Waals surface area contributed by atoms with Gasteiger partial charge < -0.3 is 4.42 Å². The van der Waals surface area contributed by atoms with Gasteiger partial charge in [0.25, 0.3) is 0 Å². The molecule has 0 aliphatic heterocycles. The summed E-state index contributed by atoms with van der Waals surface area (Å²) in [5, 5.41) is 0. The monoisotopic (exact) mass is 262 g/mol. The average molecular weight is 263 g/mol. The van der Waals surface area contributed by atoms with Gasteiger partial charge in [0.1, 0.15) is 6.26 Å². The molecule has 80 valence electrons. The van der Waals surface area contributed by atoms with Crippen molar-refractivity contribution in [2.45, 2.75) is 45.4 Å². The first-order valence-electron chi connectivity index (χ1n) is 4.98. The molecule has 0 spiro atoms. The molecule has 14 heavy (non-hydrogen) atoms. The Balaban J connectivity index is 3.11. The summed E-state index contributed by atoms with van der Waals surface area (Å²) in [5.41, 5.74) is 0.562. The molecule has 0 saturated heterocycles. The molecule has 0 fully saturated rings. The maximum absolute atomic E-state index is 13.5. The van der Waals surface area contributed by atoms with Crippen molar-refractivity contribution in [1.82, 2.24) is 0 Å². The summed E-state index contributed by atoms with van der Waals surface area (Å²) >= 11 is 3.26. The molecule has 3 heteroatoms. The lowest BCUT2D eigenvalue weighted by atomic mass is 9.77. The number of furan rings is 1. The van der Waals surface area contributed by atoms with Crippen LogP contribution in [0.5, 0.6) is 0 Å². The highest BCUT2D eigenvalue weighted by Crippen LogP contribution is 2.39. The minimum absolute atomic E-state index is 0.120. The van der Waals surface area contributed by atoms with Crippen molar-refractivity contribution in [2.24, 2.45) is 0 Å². The van der Waals surface area contributed by atoms with E-state index in [4.69, 9.17) is 4.42 Å². The quantitative estimate of drug-likeness (QED) is 0.770. The summed E-state index contributed by atoms with van der Waals surface area (Å²) in [7, 11) is 0. The zero-order valence-corrected chi connectivity index (χ0v) is 10.4. The third-order valence-electron chi connectivity index (χ3n) is 2.89. The van der Waals surface area contributed by atoms with E-state index >= 15 is 0 Å². The van der Waals surface area contributed by atoms with Gasteiger partial charge >= 0.3 is 0 Å². The van der Waals surface area contributed by atoms with Gasteiger partial charge in [0.2, 0.25) is 0 Å². The highest BCUT2D eigenvalue weighted by atomic mass is 79.9. The summed E-state index contributed by atoms with van der Waals surface area (Å²) in [5.74, 6) is -0.241. The second kappa shape index (κ2) is 4.47. The van der Waals surface area contributed by atoms with Gasteiger partial charge in [-0.3, -0.25) is 0 Å². The van der Waals surface area contributed by atoms with E-state index < -0.39 is 0 Å². The summed E-state index contributed by atoms with van der Waals surface area (Å²) in [4.78, 5) is 0. The molecule has 0 radical (unpaired) electrons. The predicted octanol–water partition coefficient (Wildman–Crippen LogP) is 4.65. The normalized spacial score (nSPS) is 15.5. The minimum atomic E-state index is -0.241. The first-order chi connectivity index (χ1) is 6.55. The summed E-state index contributed by atoms with van der Waals surface area (Å²) < 4.78 is 19.1. The van der Waals surface area contributed by atoms with E-state index in [9.17, 15) is 4.39 Å². The van der Waals surface area contributed by atoms with Crippen molar-refractivity contribution in [3.05, 3.63) is 22.3 Å². The third-order valence-corrected chi connectivity index (χ3v) is 3.47. The Bertz CT molecular complexity index is 289. The topological polar surface area (TPSA) is 13.1 Å². The molecule has 0 amide bonds. The molecule has 0 aromatic carbocycles. The molecule has 1 unspecified atom stereocenters. The maximum Gasteiger partial charge on any atom is 0.175 e. The van der Waals surface area contributed by atoms with Crippen LogP contribution in [0.2, 0.25) is 0 Å². The highest BCUT2D eigenvalue weighted by molar-refractivity contribution is 9.10. The van der Waals surface area contributed by atoms with Crippen LogP contribution in [0, 0.1) is 5.82 Å². The predicted molar refractivity (Wildman–Crippen MR) is 58.9 cm³/mol. The smallest absolute Gasteiger partial charge is 0.175 e. The first-order valence-corrected chi connectivity index (χ1v) is 5.77. The Morgan fingerprint density at radius 2 is 2.14 bits per heavy atom. The van der Waals surface area contributed by atoms with E-state index in [-0.39, 0.29) is 11.2 Å².